The van der Waals surface area contributed by atoms with Gasteiger partial charge >= 0.3 is 5.97 Å². The molecule has 0 bridgehead atoms. The number of hydrogen-bond donors (Lipinski definition) is 2. The first-order valence-corrected chi connectivity index (χ1v) is 5.30. The fraction of sp³-hybridized carbons (Fsp3) is 0.333. The number of carbonyl (C=O) groups is 1. The van der Waals surface area contributed by atoms with Crippen molar-refractivity contribution in [3.8, 4) is 5.75 Å². The van der Waals surface area contributed by atoms with Crippen LogP contribution in [0.5, 0.6) is 5.75 Å². The number of rotatable bonds is 6. The third-order valence-electron chi connectivity index (χ3n) is 2.19. The van der Waals surface area contributed by atoms with E-state index in [9.17, 15) is 4.79 Å². The lowest BCUT2D eigenvalue weighted by atomic mass is 10.2. The summed E-state index contributed by atoms with van der Waals surface area (Å²) >= 11 is 0. The first-order valence-electron chi connectivity index (χ1n) is 5.30. The van der Waals surface area contributed by atoms with Crippen LogP contribution in [-0.2, 0) is 4.79 Å². The molecule has 1 rings (SSSR count). The van der Waals surface area contributed by atoms with E-state index >= 15 is 0 Å². The number of carboxylic acid groups (broad SMARTS) is 1. The van der Waals surface area contributed by atoms with E-state index in [4.69, 9.17) is 15.6 Å². The molecule has 0 aliphatic heterocycles. The van der Waals surface area contributed by atoms with Crippen molar-refractivity contribution in [2.45, 2.75) is 12.8 Å². The van der Waals surface area contributed by atoms with Crippen LogP contribution in [0.25, 0.3) is 0 Å². The van der Waals surface area contributed by atoms with Gasteiger partial charge in [-0.25, -0.2) is 0 Å². The molecule has 1 aromatic carbocycles. The lowest BCUT2D eigenvalue weighted by Gasteiger charge is -2.06. The molecule has 5 heteroatoms. The van der Waals surface area contributed by atoms with Crippen molar-refractivity contribution in [2.75, 3.05) is 13.7 Å². The molecule has 0 heterocycles. The fourth-order valence-corrected chi connectivity index (χ4v) is 1.26. The molecule has 17 heavy (non-hydrogen) atoms. The standard InChI is InChI=1S/C12H16N2O3/c1-14-12(13)9-4-6-10(7-5-9)17-8-2-3-11(15)16/h4-7H,2-3,8H2,1H3,(H2,13,14)(H,15,16). The Morgan fingerprint density at radius 2 is 2.06 bits per heavy atom. The summed E-state index contributed by atoms with van der Waals surface area (Å²) in [5, 5.41) is 8.45. The van der Waals surface area contributed by atoms with Crippen molar-refractivity contribution in [3.63, 3.8) is 0 Å². The Morgan fingerprint density at radius 1 is 1.41 bits per heavy atom. The monoisotopic (exact) mass is 236 g/mol. The molecule has 0 saturated carbocycles. The van der Waals surface area contributed by atoms with E-state index in [1.165, 1.54) is 0 Å². The predicted octanol–water partition coefficient (Wildman–Crippen LogP) is 1.27. The highest BCUT2D eigenvalue weighted by Gasteiger charge is 2.00. The second-order valence-electron chi connectivity index (χ2n) is 3.48. The van der Waals surface area contributed by atoms with Gasteiger partial charge in [-0.2, -0.15) is 0 Å². The quantitative estimate of drug-likeness (QED) is 0.442. The number of nitrogens with two attached hydrogens (primary N) is 1. The molecule has 0 fully saturated rings. The molecular weight excluding hydrogens is 220 g/mol. The number of aliphatic carboxylic acids is 1. The fourth-order valence-electron chi connectivity index (χ4n) is 1.26. The Bertz CT molecular complexity index is 399. The van der Waals surface area contributed by atoms with Crippen molar-refractivity contribution >= 4 is 11.8 Å². The maximum absolute atomic E-state index is 10.3. The highest BCUT2D eigenvalue weighted by Crippen LogP contribution is 2.12. The number of hydrogen-bond acceptors (Lipinski definition) is 3. The minimum atomic E-state index is -0.809. The lowest BCUT2D eigenvalue weighted by Crippen LogP contribution is -2.12. The average molecular weight is 236 g/mol. The second kappa shape index (κ2) is 6.52. The molecule has 3 N–H and O–H groups in total. The normalized spacial score (nSPS) is 11.2. The average Bonchev–Trinajstić information content (AvgIpc) is 2.34. The molecule has 0 aromatic heterocycles. The van der Waals surface area contributed by atoms with Crippen molar-refractivity contribution in [3.05, 3.63) is 29.8 Å². The summed E-state index contributed by atoms with van der Waals surface area (Å²) in [6.45, 7) is 0.392. The molecule has 0 radical (unpaired) electrons. The van der Waals surface area contributed by atoms with Crippen LogP contribution in [0.2, 0.25) is 0 Å². The molecule has 92 valence electrons. The minimum absolute atomic E-state index is 0.119. The van der Waals surface area contributed by atoms with E-state index in [2.05, 4.69) is 4.99 Å². The first kappa shape index (κ1) is 13.0. The maximum Gasteiger partial charge on any atom is 0.303 e. The molecule has 5 nitrogen and oxygen atoms in total. The van der Waals surface area contributed by atoms with E-state index in [-0.39, 0.29) is 6.42 Å². The van der Waals surface area contributed by atoms with Gasteiger partial charge in [-0.15, -0.1) is 0 Å². The number of amidine groups is 1. The highest BCUT2D eigenvalue weighted by atomic mass is 16.5. The van der Waals surface area contributed by atoms with Crippen LogP contribution in [-0.4, -0.2) is 30.6 Å². The van der Waals surface area contributed by atoms with E-state index in [1.54, 1.807) is 19.2 Å². The van der Waals surface area contributed by atoms with Crippen molar-refractivity contribution < 1.29 is 14.6 Å². The van der Waals surface area contributed by atoms with Gasteiger partial charge in [0.25, 0.3) is 0 Å². The topological polar surface area (TPSA) is 84.9 Å². The van der Waals surface area contributed by atoms with Gasteiger partial charge in [-0.1, -0.05) is 0 Å². The van der Waals surface area contributed by atoms with Gasteiger partial charge in [-0.3, -0.25) is 9.79 Å². The number of carboxylic acids is 1. The first-order chi connectivity index (χ1) is 8.13. The molecule has 0 aliphatic carbocycles. The SMILES string of the molecule is CN=C(N)c1ccc(OCCCC(=O)O)cc1. The summed E-state index contributed by atoms with van der Waals surface area (Å²) in [6.07, 6.45) is 0.614. The van der Waals surface area contributed by atoms with Gasteiger partial charge < -0.3 is 15.6 Å². The van der Waals surface area contributed by atoms with Gasteiger partial charge in [0.1, 0.15) is 11.6 Å². The zero-order valence-corrected chi connectivity index (χ0v) is 9.72. The second-order valence-corrected chi connectivity index (χ2v) is 3.48. The van der Waals surface area contributed by atoms with Crippen molar-refractivity contribution in [1.29, 1.82) is 0 Å². The number of ether oxygens (including phenoxy) is 1. The highest BCUT2D eigenvalue weighted by molar-refractivity contribution is 5.97. The molecule has 0 unspecified atom stereocenters. The Kier molecular flexibility index (Phi) is 5.00. The maximum atomic E-state index is 10.3. The van der Waals surface area contributed by atoms with Crippen molar-refractivity contribution in [1.82, 2.24) is 0 Å². The van der Waals surface area contributed by atoms with Crippen LogP contribution in [0.1, 0.15) is 18.4 Å². The minimum Gasteiger partial charge on any atom is -0.494 e. The molecule has 0 saturated heterocycles. The Hall–Kier alpha value is -2.04. The molecule has 0 amide bonds. The molecular formula is C12H16N2O3. The number of aliphatic imine (C=N–C) groups is 1. The van der Waals surface area contributed by atoms with Crippen LogP contribution < -0.4 is 10.5 Å². The number of benzene rings is 1. The molecule has 1 aromatic rings. The third-order valence-corrected chi connectivity index (χ3v) is 2.19. The third kappa shape index (κ3) is 4.55. The molecule has 0 atom stereocenters. The summed E-state index contributed by atoms with van der Waals surface area (Å²) in [4.78, 5) is 14.2. The van der Waals surface area contributed by atoms with Crippen LogP contribution in [0, 0.1) is 0 Å². The summed E-state index contributed by atoms with van der Waals surface area (Å²) in [5.74, 6) is 0.362. The van der Waals surface area contributed by atoms with Gasteiger partial charge in [0, 0.05) is 19.0 Å². The van der Waals surface area contributed by atoms with Crippen LogP contribution in [0.15, 0.2) is 29.3 Å². The number of nitrogens with zero attached hydrogens (tertiary/aromatic N) is 1. The van der Waals surface area contributed by atoms with Gasteiger partial charge in [0.15, 0.2) is 0 Å². The Morgan fingerprint density at radius 3 is 2.59 bits per heavy atom. The lowest BCUT2D eigenvalue weighted by molar-refractivity contribution is -0.137. The van der Waals surface area contributed by atoms with Crippen LogP contribution in [0.3, 0.4) is 0 Å². The smallest absolute Gasteiger partial charge is 0.303 e. The van der Waals surface area contributed by atoms with Gasteiger partial charge in [-0.05, 0) is 30.7 Å². The van der Waals surface area contributed by atoms with E-state index < -0.39 is 5.97 Å². The summed E-state index contributed by atoms with van der Waals surface area (Å²) in [6, 6.07) is 7.20. The molecule has 0 spiro atoms. The van der Waals surface area contributed by atoms with Gasteiger partial charge in [0.2, 0.25) is 0 Å². The summed E-state index contributed by atoms with van der Waals surface area (Å²) < 4.78 is 5.38. The van der Waals surface area contributed by atoms with E-state index in [0.29, 0.717) is 24.6 Å². The summed E-state index contributed by atoms with van der Waals surface area (Å²) in [7, 11) is 1.63. The van der Waals surface area contributed by atoms with Crippen LogP contribution >= 0.6 is 0 Å². The van der Waals surface area contributed by atoms with Crippen molar-refractivity contribution in [2.24, 2.45) is 10.7 Å². The zero-order chi connectivity index (χ0) is 12.7. The van der Waals surface area contributed by atoms with E-state index in [0.717, 1.165) is 5.56 Å². The summed E-state index contributed by atoms with van der Waals surface area (Å²) in [5.41, 5.74) is 6.48. The molecule has 0 aliphatic rings. The van der Waals surface area contributed by atoms with Crippen LogP contribution in [0.4, 0.5) is 0 Å². The zero-order valence-electron chi connectivity index (χ0n) is 9.72. The predicted molar refractivity (Wildman–Crippen MR) is 65.5 cm³/mol. The largest absolute Gasteiger partial charge is 0.494 e. The van der Waals surface area contributed by atoms with Gasteiger partial charge in [0.05, 0.1) is 6.61 Å². The Labute approximate surface area is 99.9 Å². The van der Waals surface area contributed by atoms with E-state index in [1.807, 2.05) is 12.1 Å². The Balaban J connectivity index is 2.43.